The molecule has 0 bridgehead atoms. The number of esters is 1. The van der Waals surface area contributed by atoms with E-state index in [0.717, 1.165) is 5.82 Å². The van der Waals surface area contributed by atoms with Crippen molar-refractivity contribution in [3.63, 3.8) is 0 Å². The molecule has 170 valence electrons. The molecule has 3 aromatic rings. The van der Waals surface area contributed by atoms with Gasteiger partial charge in [-0.05, 0) is 49.2 Å². The van der Waals surface area contributed by atoms with Crippen LogP contribution in [0.3, 0.4) is 0 Å². The van der Waals surface area contributed by atoms with Gasteiger partial charge in [-0.15, -0.1) is 0 Å². The lowest BCUT2D eigenvalue weighted by Crippen LogP contribution is -2.36. The van der Waals surface area contributed by atoms with Gasteiger partial charge in [0.2, 0.25) is 0 Å². The molecule has 3 heterocycles. The summed E-state index contributed by atoms with van der Waals surface area (Å²) in [4.78, 5) is 18.0. The minimum absolute atomic E-state index is 0.0937. The summed E-state index contributed by atoms with van der Waals surface area (Å²) >= 11 is 6.12. The Kier molecular flexibility index (Phi) is 6.68. The van der Waals surface area contributed by atoms with E-state index in [9.17, 15) is 13.2 Å². The van der Waals surface area contributed by atoms with Gasteiger partial charge in [-0.2, -0.15) is 0 Å². The van der Waals surface area contributed by atoms with Gasteiger partial charge >= 0.3 is 5.97 Å². The number of rotatable bonds is 7. The second-order valence-corrected chi connectivity index (χ2v) is 9.71. The highest BCUT2D eigenvalue weighted by molar-refractivity contribution is 7.90. The fourth-order valence-corrected chi connectivity index (χ4v) is 5.50. The third kappa shape index (κ3) is 4.60. The van der Waals surface area contributed by atoms with Crippen LogP contribution >= 0.6 is 11.6 Å². The first-order valence-corrected chi connectivity index (χ1v) is 12.1. The van der Waals surface area contributed by atoms with E-state index in [1.165, 1.54) is 17.3 Å². The molecule has 0 atom stereocenters. The average Bonchev–Trinajstić information content (AvgIpc) is 3.17. The molecule has 0 spiro atoms. The number of hydrogen-bond donors (Lipinski definition) is 0. The Balaban J connectivity index is 1.69. The van der Waals surface area contributed by atoms with E-state index >= 15 is 0 Å². The van der Waals surface area contributed by atoms with E-state index < -0.39 is 10.0 Å². The van der Waals surface area contributed by atoms with Gasteiger partial charge in [-0.25, -0.2) is 17.4 Å². The number of aryl methyl sites for hydroxylation is 1. The highest BCUT2D eigenvalue weighted by Gasteiger charge is 2.24. The molecule has 1 aromatic carbocycles. The number of hydrogen-bond acceptors (Lipinski definition) is 7. The number of methoxy groups -OCH3 is 1. The molecule has 0 unspecified atom stereocenters. The number of morpholine rings is 1. The third-order valence-electron chi connectivity index (χ3n) is 5.43. The smallest absolute Gasteiger partial charge is 0.305 e. The van der Waals surface area contributed by atoms with E-state index in [2.05, 4.69) is 14.6 Å². The first-order chi connectivity index (χ1) is 15.4. The summed E-state index contributed by atoms with van der Waals surface area (Å²) in [5, 5.41) is 1.23. The summed E-state index contributed by atoms with van der Waals surface area (Å²) in [5.41, 5.74) is 1.10. The molecule has 1 aliphatic rings. The number of anilines is 1. The lowest BCUT2D eigenvalue weighted by Gasteiger charge is -2.27. The van der Waals surface area contributed by atoms with E-state index in [1.807, 2.05) is 0 Å². The predicted octanol–water partition coefficient (Wildman–Crippen LogP) is 3.26. The number of carbonyl (C=O) groups excluding carboxylic acids is 1. The zero-order valence-corrected chi connectivity index (χ0v) is 19.2. The Bertz CT molecular complexity index is 1220. The van der Waals surface area contributed by atoms with Crippen LogP contribution in [0.25, 0.3) is 10.9 Å². The van der Waals surface area contributed by atoms with E-state index in [4.69, 9.17) is 16.3 Å². The summed E-state index contributed by atoms with van der Waals surface area (Å²) in [6, 6.07) is 10.2. The van der Waals surface area contributed by atoms with Gasteiger partial charge in [-0.1, -0.05) is 11.6 Å². The van der Waals surface area contributed by atoms with Crippen LogP contribution in [-0.2, 0) is 30.7 Å². The highest BCUT2D eigenvalue weighted by Crippen LogP contribution is 2.29. The maximum Gasteiger partial charge on any atom is 0.305 e. The normalized spacial score (nSPS) is 14.6. The third-order valence-corrected chi connectivity index (χ3v) is 7.41. The van der Waals surface area contributed by atoms with Crippen LogP contribution in [0.15, 0.2) is 47.5 Å². The van der Waals surface area contributed by atoms with Crippen LogP contribution in [-0.4, -0.2) is 56.8 Å². The molecular formula is C22H24ClN3O5S. The predicted molar refractivity (Wildman–Crippen MR) is 122 cm³/mol. The molecule has 32 heavy (non-hydrogen) atoms. The molecule has 0 amide bonds. The molecule has 0 N–H and O–H groups in total. The Hall–Kier alpha value is -2.62. The van der Waals surface area contributed by atoms with Crippen LogP contribution in [0.1, 0.15) is 18.5 Å². The van der Waals surface area contributed by atoms with Gasteiger partial charge in [0.25, 0.3) is 10.0 Å². The largest absolute Gasteiger partial charge is 0.469 e. The number of benzene rings is 1. The van der Waals surface area contributed by atoms with Crippen LogP contribution < -0.4 is 4.90 Å². The zero-order chi connectivity index (χ0) is 22.7. The maximum atomic E-state index is 13.6. The number of ether oxygens (including phenoxy) is 2. The zero-order valence-electron chi connectivity index (χ0n) is 17.7. The Morgan fingerprint density at radius 3 is 2.66 bits per heavy atom. The molecular weight excluding hydrogens is 454 g/mol. The van der Waals surface area contributed by atoms with Gasteiger partial charge in [0.1, 0.15) is 10.7 Å². The fraction of sp³-hybridized carbons (Fsp3) is 0.364. The molecule has 1 saturated heterocycles. The van der Waals surface area contributed by atoms with Gasteiger partial charge in [-0.3, -0.25) is 4.79 Å². The van der Waals surface area contributed by atoms with Crippen molar-refractivity contribution >= 4 is 44.3 Å². The number of halogens is 1. The summed E-state index contributed by atoms with van der Waals surface area (Å²) in [6.07, 6.45) is 2.44. The summed E-state index contributed by atoms with van der Waals surface area (Å²) in [7, 11) is -2.59. The molecule has 4 rings (SSSR count). The Labute approximate surface area is 191 Å². The van der Waals surface area contributed by atoms with Crippen LogP contribution in [0.4, 0.5) is 5.82 Å². The summed E-state index contributed by atoms with van der Waals surface area (Å²) in [6.45, 7) is 2.67. The second-order valence-electron chi connectivity index (χ2n) is 7.49. The lowest BCUT2D eigenvalue weighted by atomic mass is 10.2. The minimum Gasteiger partial charge on any atom is -0.469 e. The monoisotopic (exact) mass is 477 g/mol. The maximum absolute atomic E-state index is 13.6. The first kappa shape index (κ1) is 22.6. The van der Waals surface area contributed by atoms with E-state index in [0.29, 0.717) is 60.8 Å². The number of pyridine rings is 1. The highest BCUT2D eigenvalue weighted by atomic mass is 35.5. The number of fused-ring (bicyclic) bond motifs is 1. The molecule has 0 radical (unpaired) electrons. The topological polar surface area (TPSA) is 90.7 Å². The molecule has 10 heteroatoms. The van der Waals surface area contributed by atoms with Gasteiger partial charge < -0.3 is 14.4 Å². The van der Waals surface area contributed by atoms with Crippen molar-refractivity contribution in [3.05, 3.63) is 53.3 Å². The first-order valence-electron chi connectivity index (χ1n) is 10.3. The molecule has 1 fully saturated rings. The molecule has 2 aromatic heterocycles. The average molecular weight is 478 g/mol. The van der Waals surface area contributed by atoms with Gasteiger partial charge in [0, 0.05) is 41.8 Å². The molecule has 0 saturated carbocycles. The number of nitrogens with zero attached hydrogens (tertiary/aromatic N) is 3. The summed E-state index contributed by atoms with van der Waals surface area (Å²) in [5.74, 6) is 0.385. The van der Waals surface area contributed by atoms with Crippen molar-refractivity contribution in [2.24, 2.45) is 0 Å². The number of aromatic nitrogens is 2. The standard InChI is InChI=1S/C22H24ClN3O5S/c1-30-22(27)4-2-3-18-14-16-13-17(23)5-7-20(16)26(18)32(28,29)19-6-8-21(24-15-19)25-9-11-31-12-10-25/h5-8,13-15H,2-4,9-12H2,1H3. The van der Waals surface area contributed by atoms with Gasteiger partial charge in [0.05, 0.1) is 25.8 Å². The summed E-state index contributed by atoms with van der Waals surface area (Å²) < 4.78 is 38.6. The Morgan fingerprint density at radius 2 is 1.97 bits per heavy atom. The van der Waals surface area contributed by atoms with Gasteiger partial charge in [0.15, 0.2) is 0 Å². The second kappa shape index (κ2) is 9.48. The molecule has 1 aliphatic heterocycles. The quantitative estimate of drug-likeness (QED) is 0.482. The van der Waals surface area contributed by atoms with Crippen molar-refractivity contribution in [1.82, 2.24) is 8.96 Å². The molecule has 8 nitrogen and oxygen atoms in total. The SMILES string of the molecule is COC(=O)CCCc1cc2cc(Cl)ccc2n1S(=O)(=O)c1ccc(N2CCOCC2)nc1. The Morgan fingerprint density at radius 1 is 1.19 bits per heavy atom. The van der Waals surface area contributed by atoms with E-state index in [1.54, 1.807) is 36.4 Å². The van der Waals surface area contributed by atoms with Crippen LogP contribution in [0, 0.1) is 0 Å². The van der Waals surface area contributed by atoms with Crippen molar-refractivity contribution in [3.8, 4) is 0 Å². The minimum atomic E-state index is -3.92. The van der Waals surface area contributed by atoms with Crippen molar-refractivity contribution in [2.75, 3.05) is 38.3 Å². The van der Waals surface area contributed by atoms with E-state index in [-0.39, 0.29) is 17.3 Å². The van der Waals surface area contributed by atoms with Crippen molar-refractivity contribution in [2.45, 2.75) is 24.2 Å². The van der Waals surface area contributed by atoms with Crippen LogP contribution in [0.2, 0.25) is 5.02 Å². The number of carbonyl (C=O) groups is 1. The molecule has 0 aliphatic carbocycles. The van der Waals surface area contributed by atoms with Crippen molar-refractivity contribution < 1.29 is 22.7 Å². The lowest BCUT2D eigenvalue weighted by molar-refractivity contribution is -0.140. The van der Waals surface area contributed by atoms with Crippen LogP contribution in [0.5, 0.6) is 0 Å². The fourth-order valence-electron chi connectivity index (χ4n) is 3.80. The van der Waals surface area contributed by atoms with Crippen molar-refractivity contribution in [1.29, 1.82) is 0 Å².